The molecule has 0 aliphatic rings. The van der Waals surface area contributed by atoms with Crippen molar-refractivity contribution in [2.45, 2.75) is 26.2 Å². The monoisotopic (exact) mass is 424 g/mol. The summed E-state index contributed by atoms with van der Waals surface area (Å²) in [6, 6.07) is 17.2. The van der Waals surface area contributed by atoms with Gasteiger partial charge in [-0.25, -0.2) is 0 Å². The van der Waals surface area contributed by atoms with E-state index in [1.54, 1.807) is 18.3 Å². The molecule has 1 heterocycles. The SMILES string of the molecule is CC(=O)Nc1c(CCc2ccccc2Br)ccnc1Cc1ccc(O)cc1. The third-order valence-electron chi connectivity index (χ3n) is 4.35. The Labute approximate surface area is 167 Å². The molecule has 1 aromatic heterocycles. The molecule has 0 aliphatic heterocycles. The van der Waals surface area contributed by atoms with Crippen LogP contribution in [-0.4, -0.2) is 16.0 Å². The van der Waals surface area contributed by atoms with Crippen LogP contribution < -0.4 is 5.32 Å². The first-order valence-corrected chi connectivity index (χ1v) is 9.58. The number of halogens is 1. The van der Waals surface area contributed by atoms with Gasteiger partial charge in [0.15, 0.2) is 0 Å². The third-order valence-corrected chi connectivity index (χ3v) is 5.12. The number of hydrogen-bond acceptors (Lipinski definition) is 3. The van der Waals surface area contributed by atoms with Crippen LogP contribution in [0.25, 0.3) is 0 Å². The van der Waals surface area contributed by atoms with Crippen molar-refractivity contribution in [3.8, 4) is 5.75 Å². The summed E-state index contributed by atoms with van der Waals surface area (Å²) in [5.74, 6) is 0.119. The molecule has 0 spiro atoms. The molecule has 138 valence electrons. The summed E-state index contributed by atoms with van der Waals surface area (Å²) in [7, 11) is 0. The lowest BCUT2D eigenvalue weighted by Crippen LogP contribution is -2.12. The van der Waals surface area contributed by atoms with Gasteiger partial charge in [-0.2, -0.15) is 0 Å². The Kier molecular flexibility index (Phi) is 6.24. The topological polar surface area (TPSA) is 62.2 Å². The molecule has 0 saturated carbocycles. The number of nitrogens with one attached hydrogen (secondary N) is 1. The van der Waals surface area contributed by atoms with E-state index in [9.17, 15) is 9.90 Å². The van der Waals surface area contributed by atoms with E-state index in [1.807, 2.05) is 36.4 Å². The number of carbonyl (C=O) groups is 1. The molecule has 0 atom stereocenters. The fourth-order valence-electron chi connectivity index (χ4n) is 3.00. The molecular weight excluding hydrogens is 404 g/mol. The first-order valence-electron chi connectivity index (χ1n) is 8.78. The maximum absolute atomic E-state index is 11.8. The van der Waals surface area contributed by atoms with Crippen molar-refractivity contribution in [2.75, 3.05) is 5.32 Å². The van der Waals surface area contributed by atoms with Gasteiger partial charge in [-0.1, -0.05) is 46.3 Å². The maximum Gasteiger partial charge on any atom is 0.221 e. The van der Waals surface area contributed by atoms with E-state index in [2.05, 4.69) is 32.3 Å². The zero-order chi connectivity index (χ0) is 19.2. The van der Waals surface area contributed by atoms with Crippen LogP contribution in [-0.2, 0) is 24.1 Å². The summed E-state index contributed by atoms with van der Waals surface area (Å²) in [4.78, 5) is 16.3. The molecule has 0 aliphatic carbocycles. The molecule has 0 fully saturated rings. The molecule has 0 bridgehead atoms. The van der Waals surface area contributed by atoms with E-state index in [0.29, 0.717) is 6.42 Å². The van der Waals surface area contributed by atoms with Crippen molar-refractivity contribution in [2.24, 2.45) is 0 Å². The number of aromatic hydroxyl groups is 1. The molecule has 3 rings (SSSR count). The third kappa shape index (κ3) is 5.17. The quantitative estimate of drug-likeness (QED) is 0.592. The van der Waals surface area contributed by atoms with E-state index in [0.717, 1.165) is 39.8 Å². The average Bonchev–Trinajstić information content (AvgIpc) is 2.64. The molecule has 0 saturated heterocycles. The van der Waals surface area contributed by atoms with E-state index in [4.69, 9.17) is 0 Å². The Morgan fingerprint density at radius 1 is 1.04 bits per heavy atom. The zero-order valence-corrected chi connectivity index (χ0v) is 16.7. The van der Waals surface area contributed by atoms with E-state index in [1.165, 1.54) is 12.5 Å². The van der Waals surface area contributed by atoms with Crippen molar-refractivity contribution in [1.29, 1.82) is 0 Å². The second kappa shape index (κ2) is 8.82. The first kappa shape index (κ1) is 19.1. The van der Waals surface area contributed by atoms with Crippen molar-refractivity contribution >= 4 is 27.5 Å². The minimum atomic E-state index is -0.114. The predicted octanol–water partition coefficient (Wildman–Crippen LogP) is 4.88. The van der Waals surface area contributed by atoms with Crippen LogP contribution in [0.5, 0.6) is 5.75 Å². The molecule has 2 N–H and O–H groups in total. The van der Waals surface area contributed by atoms with Crippen LogP contribution in [0.1, 0.15) is 29.3 Å². The van der Waals surface area contributed by atoms with Crippen molar-refractivity contribution < 1.29 is 9.90 Å². The van der Waals surface area contributed by atoms with Gasteiger partial charge in [-0.3, -0.25) is 9.78 Å². The number of anilines is 1. The number of phenols is 1. The average molecular weight is 425 g/mol. The van der Waals surface area contributed by atoms with E-state index < -0.39 is 0 Å². The highest BCUT2D eigenvalue weighted by Crippen LogP contribution is 2.25. The highest BCUT2D eigenvalue weighted by Gasteiger charge is 2.13. The summed E-state index contributed by atoms with van der Waals surface area (Å²) in [5.41, 5.74) is 4.91. The number of aryl methyl sites for hydroxylation is 2. The molecule has 27 heavy (non-hydrogen) atoms. The van der Waals surface area contributed by atoms with Crippen LogP contribution >= 0.6 is 15.9 Å². The van der Waals surface area contributed by atoms with Gasteiger partial charge in [0, 0.05) is 24.0 Å². The Morgan fingerprint density at radius 2 is 1.74 bits per heavy atom. The molecule has 0 unspecified atom stereocenters. The van der Waals surface area contributed by atoms with Crippen LogP contribution in [0.15, 0.2) is 65.3 Å². The summed E-state index contributed by atoms with van der Waals surface area (Å²) < 4.78 is 1.09. The Hall–Kier alpha value is -2.66. The number of benzene rings is 2. The second-order valence-electron chi connectivity index (χ2n) is 6.41. The fraction of sp³-hybridized carbons (Fsp3) is 0.182. The zero-order valence-electron chi connectivity index (χ0n) is 15.1. The summed E-state index contributed by atoms with van der Waals surface area (Å²) >= 11 is 3.59. The maximum atomic E-state index is 11.8. The predicted molar refractivity (Wildman–Crippen MR) is 111 cm³/mol. The number of hydrogen-bond donors (Lipinski definition) is 2. The number of rotatable bonds is 6. The summed E-state index contributed by atoms with van der Waals surface area (Å²) in [5, 5.41) is 12.4. The number of phenolic OH excluding ortho intramolecular Hbond substituents is 1. The minimum Gasteiger partial charge on any atom is -0.508 e. The number of amides is 1. The van der Waals surface area contributed by atoms with Gasteiger partial charge in [0.1, 0.15) is 5.75 Å². The van der Waals surface area contributed by atoms with Crippen LogP contribution in [0, 0.1) is 0 Å². The molecule has 1 amide bonds. The molecule has 0 radical (unpaired) electrons. The smallest absolute Gasteiger partial charge is 0.221 e. The normalized spacial score (nSPS) is 10.6. The van der Waals surface area contributed by atoms with Gasteiger partial charge < -0.3 is 10.4 Å². The van der Waals surface area contributed by atoms with Gasteiger partial charge >= 0.3 is 0 Å². The van der Waals surface area contributed by atoms with Crippen LogP contribution in [0.4, 0.5) is 5.69 Å². The lowest BCUT2D eigenvalue weighted by atomic mass is 10.00. The highest BCUT2D eigenvalue weighted by atomic mass is 79.9. The van der Waals surface area contributed by atoms with Crippen molar-refractivity contribution in [3.63, 3.8) is 0 Å². The summed E-state index contributed by atoms with van der Waals surface area (Å²) in [6.45, 7) is 1.51. The van der Waals surface area contributed by atoms with Gasteiger partial charge in [-0.15, -0.1) is 0 Å². The number of carbonyl (C=O) groups excluding carboxylic acids is 1. The number of aromatic nitrogens is 1. The van der Waals surface area contributed by atoms with Crippen LogP contribution in [0.2, 0.25) is 0 Å². The fourth-order valence-corrected chi connectivity index (χ4v) is 3.48. The molecule has 2 aromatic carbocycles. The standard InChI is InChI=1S/C22H21BrN2O2/c1-15(26)25-22-18(9-8-17-4-2-3-5-20(17)23)12-13-24-21(22)14-16-6-10-19(27)11-7-16/h2-7,10-13,27H,8-9,14H2,1H3,(H,25,26). The number of pyridine rings is 1. The molecule has 4 nitrogen and oxygen atoms in total. The molecule has 5 heteroatoms. The van der Waals surface area contributed by atoms with Crippen LogP contribution in [0.3, 0.4) is 0 Å². The van der Waals surface area contributed by atoms with Gasteiger partial charge in [-0.05, 0) is 53.8 Å². The minimum absolute atomic E-state index is 0.114. The van der Waals surface area contributed by atoms with Gasteiger partial charge in [0.25, 0.3) is 0 Å². The highest BCUT2D eigenvalue weighted by molar-refractivity contribution is 9.10. The van der Waals surface area contributed by atoms with E-state index >= 15 is 0 Å². The van der Waals surface area contributed by atoms with E-state index in [-0.39, 0.29) is 11.7 Å². The largest absolute Gasteiger partial charge is 0.508 e. The first-order chi connectivity index (χ1) is 13.0. The summed E-state index contributed by atoms with van der Waals surface area (Å²) in [6.07, 6.45) is 4.02. The molecule has 3 aromatic rings. The van der Waals surface area contributed by atoms with Gasteiger partial charge in [0.05, 0.1) is 11.4 Å². The number of nitrogens with zero attached hydrogens (tertiary/aromatic N) is 1. The van der Waals surface area contributed by atoms with Crippen molar-refractivity contribution in [1.82, 2.24) is 4.98 Å². The second-order valence-corrected chi connectivity index (χ2v) is 7.26. The Morgan fingerprint density at radius 3 is 2.44 bits per heavy atom. The Bertz CT molecular complexity index is 939. The molecular formula is C22H21BrN2O2. The Balaban J connectivity index is 1.87. The lowest BCUT2D eigenvalue weighted by molar-refractivity contribution is -0.114. The lowest BCUT2D eigenvalue weighted by Gasteiger charge is -2.15. The van der Waals surface area contributed by atoms with Gasteiger partial charge in [0.2, 0.25) is 5.91 Å². The van der Waals surface area contributed by atoms with Crippen molar-refractivity contribution in [3.05, 3.63) is 87.7 Å².